The highest BCUT2D eigenvalue weighted by Gasteiger charge is 2.26. The molecule has 142 valence electrons. The maximum Gasteiger partial charge on any atom is 0.165 e. The van der Waals surface area contributed by atoms with Crippen LogP contribution in [0.25, 0.3) is 16.8 Å². The summed E-state index contributed by atoms with van der Waals surface area (Å²) >= 11 is 0. The topological polar surface area (TPSA) is 45.9 Å². The Morgan fingerprint density at radius 3 is 3.04 bits per heavy atom. The zero-order chi connectivity index (χ0) is 17.5. The molecule has 5 rings (SSSR count). The van der Waals surface area contributed by atoms with Gasteiger partial charge in [-0.3, -0.25) is 4.90 Å². The predicted molar refractivity (Wildman–Crippen MR) is 112 cm³/mol. The first kappa shape index (κ1) is 18.1. The standard InChI is InChI=1S/C20H23N5O.H2S/c1-23-14-16-5-3-8-24(16)10-11-26-17-6-2-4-15(12-17)18-13-21-25-9-7-19(23)22-20(18)25;/h2,4,6-7,9,12-13,16H,3,5,8,10-11,14H2,1H3;1H2/t16-;/m0./s1. The van der Waals surface area contributed by atoms with Crippen LogP contribution in [0, 0.1) is 0 Å². The maximum absolute atomic E-state index is 6.05. The Labute approximate surface area is 166 Å². The number of nitrogens with zero attached hydrogens (tertiary/aromatic N) is 5. The van der Waals surface area contributed by atoms with Gasteiger partial charge in [0.2, 0.25) is 0 Å². The molecule has 0 radical (unpaired) electrons. The van der Waals surface area contributed by atoms with Crippen molar-refractivity contribution < 1.29 is 4.74 Å². The molecule has 2 aliphatic rings. The number of hydrogen-bond acceptors (Lipinski definition) is 5. The van der Waals surface area contributed by atoms with Gasteiger partial charge in [-0.15, -0.1) is 0 Å². The monoisotopic (exact) mass is 383 g/mol. The van der Waals surface area contributed by atoms with Gasteiger partial charge < -0.3 is 9.64 Å². The largest absolute Gasteiger partial charge is 0.492 e. The second-order valence-corrected chi connectivity index (χ2v) is 7.20. The smallest absolute Gasteiger partial charge is 0.165 e. The molecule has 3 aromatic rings. The zero-order valence-corrected chi connectivity index (χ0v) is 16.5. The van der Waals surface area contributed by atoms with Gasteiger partial charge in [0.1, 0.15) is 18.2 Å². The molecule has 4 bridgehead atoms. The summed E-state index contributed by atoms with van der Waals surface area (Å²) in [5.74, 6) is 1.90. The molecule has 2 aromatic heterocycles. The summed E-state index contributed by atoms with van der Waals surface area (Å²) in [4.78, 5) is 9.74. The van der Waals surface area contributed by atoms with Crippen molar-refractivity contribution in [3.8, 4) is 16.9 Å². The number of aromatic nitrogens is 3. The van der Waals surface area contributed by atoms with E-state index in [1.54, 1.807) is 0 Å². The van der Waals surface area contributed by atoms with Crippen LogP contribution in [0.3, 0.4) is 0 Å². The fourth-order valence-electron chi connectivity index (χ4n) is 4.12. The van der Waals surface area contributed by atoms with Crippen LogP contribution in [0.4, 0.5) is 5.82 Å². The summed E-state index contributed by atoms with van der Waals surface area (Å²) < 4.78 is 7.89. The van der Waals surface area contributed by atoms with E-state index in [1.807, 2.05) is 29.0 Å². The van der Waals surface area contributed by atoms with Crippen molar-refractivity contribution in [2.75, 3.05) is 38.2 Å². The van der Waals surface area contributed by atoms with Crippen molar-refractivity contribution >= 4 is 25.0 Å². The molecule has 0 unspecified atom stereocenters. The molecule has 4 heterocycles. The third-order valence-electron chi connectivity index (χ3n) is 5.52. The van der Waals surface area contributed by atoms with Gasteiger partial charge in [-0.1, -0.05) is 12.1 Å². The number of fused-ring (bicyclic) bond motifs is 5. The lowest BCUT2D eigenvalue weighted by Crippen LogP contribution is -2.41. The van der Waals surface area contributed by atoms with E-state index >= 15 is 0 Å². The minimum absolute atomic E-state index is 0. The molecule has 1 saturated heterocycles. The van der Waals surface area contributed by atoms with Crippen LogP contribution in [-0.4, -0.2) is 58.8 Å². The van der Waals surface area contributed by atoms with Gasteiger partial charge in [0, 0.05) is 37.9 Å². The molecular formula is C20H25N5OS. The Bertz CT molecular complexity index is 943. The van der Waals surface area contributed by atoms with Crippen LogP contribution in [0.5, 0.6) is 5.75 Å². The van der Waals surface area contributed by atoms with E-state index in [4.69, 9.17) is 9.72 Å². The van der Waals surface area contributed by atoms with Crippen LogP contribution >= 0.6 is 13.5 Å². The highest BCUT2D eigenvalue weighted by Crippen LogP contribution is 2.28. The van der Waals surface area contributed by atoms with Crippen LogP contribution in [0.15, 0.2) is 42.7 Å². The van der Waals surface area contributed by atoms with Crippen molar-refractivity contribution in [2.24, 2.45) is 0 Å². The summed E-state index contributed by atoms with van der Waals surface area (Å²) in [6.07, 6.45) is 6.37. The number of anilines is 1. The Kier molecular flexibility index (Phi) is 4.97. The predicted octanol–water partition coefficient (Wildman–Crippen LogP) is 2.80. The third kappa shape index (κ3) is 3.37. The first-order valence-corrected chi connectivity index (χ1v) is 9.31. The average Bonchev–Trinajstić information content (AvgIpc) is 3.27. The van der Waals surface area contributed by atoms with Gasteiger partial charge in [-0.2, -0.15) is 18.6 Å². The third-order valence-corrected chi connectivity index (χ3v) is 5.52. The number of benzene rings is 1. The summed E-state index contributed by atoms with van der Waals surface area (Å²) in [5.41, 5.74) is 3.00. The van der Waals surface area contributed by atoms with Crippen molar-refractivity contribution in [2.45, 2.75) is 18.9 Å². The first-order valence-electron chi connectivity index (χ1n) is 9.31. The molecule has 0 N–H and O–H groups in total. The number of rotatable bonds is 0. The minimum Gasteiger partial charge on any atom is -0.492 e. The molecule has 1 fully saturated rings. The summed E-state index contributed by atoms with van der Waals surface area (Å²) in [6, 6.07) is 10.8. The molecule has 1 aromatic carbocycles. The molecule has 27 heavy (non-hydrogen) atoms. The Morgan fingerprint density at radius 2 is 2.11 bits per heavy atom. The van der Waals surface area contributed by atoms with Gasteiger partial charge in [0.25, 0.3) is 0 Å². The molecule has 0 saturated carbocycles. The lowest BCUT2D eigenvalue weighted by molar-refractivity contribution is 0.198. The van der Waals surface area contributed by atoms with E-state index in [0.29, 0.717) is 6.04 Å². The van der Waals surface area contributed by atoms with Gasteiger partial charge in [-0.05, 0) is 43.1 Å². The molecule has 0 aliphatic carbocycles. The quantitative estimate of drug-likeness (QED) is 0.597. The molecular weight excluding hydrogens is 358 g/mol. The molecule has 0 spiro atoms. The lowest BCUT2D eigenvalue weighted by Gasteiger charge is -2.29. The maximum atomic E-state index is 6.05. The fourth-order valence-corrected chi connectivity index (χ4v) is 4.12. The van der Waals surface area contributed by atoms with Gasteiger partial charge in [0.05, 0.1) is 6.20 Å². The van der Waals surface area contributed by atoms with E-state index in [-0.39, 0.29) is 13.5 Å². The SMILES string of the molecule is CN1C[C@@H]2CCCN2CCOc2cccc(c2)-c2cnn3ccc1nc23.S. The van der Waals surface area contributed by atoms with E-state index < -0.39 is 0 Å². The van der Waals surface area contributed by atoms with Crippen LogP contribution < -0.4 is 9.64 Å². The van der Waals surface area contributed by atoms with Crippen molar-refractivity contribution in [3.05, 3.63) is 42.7 Å². The molecule has 1 atom stereocenters. The molecule has 2 aliphatic heterocycles. The number of likely N-dealkylation sites (N-methyl/N-ethyl adjacent to an activating group) is 1. The second kappa shape index (κ2) is 7.40. The first-order chi connectivity index (χ1) is 12.8. The average molecular weight is 384 g/mol. The van der Waals surface area contributed by atoms with E-state index in [2.05, 4.69) is 40.1 Å². The molecule has 7 heteroatoms. The lowest BCUT2D eigenvalue weighted by atomic mass is 10.1. The fraction of sp³-hybridized carbons (Fsp3) is 0.400. The number of hydrogen-bond donors (Lipinski definition) is 0. The molecule has 0 amide bonds. The number of ether oxygens (including phenoxy) is 1. The van der Waals surface area contributed by atoms with Gasteiger partial charge in [0.15, 0.2) is 5.65 Å². The highest BCUT2D eigenvalue weighted by atomic mass is 32.1. The van der Waals surface area contributed by atoms with E-state index in [1.165, 1.54) is 12.8 Å². The van der Waals surface area contributed by atoms with Crippen LogP contribution in [0.2, 0.25) is 0 Å². The van der Waals surface area contributed by atoms with Gasteiger partial charge in [-0.25, -0.2) is 9.50 Å². The Morgan fingerprint density at radius 1 is 1.19 bits per heavy atom. The molecule has 6 nitrogen and oxygen atoms in total. The summed E-state index contributed by atoms with van der Waals surface area (Å²) in [5, 5.41) is 4.47. The van der Waals surface area contributed by atoms with Gasteiger partial charge >= 0.3 is 0 Å². The van der Waals surface area contributed by atoms with Crippen molar-refractivity contribution in [1.29, 1.82) is 0 Å². The minimum atomic E-state index is 0. The van der Waals surface area contributed by atoms with E-state index in [0.717, 1.165) is 54.6 Å². The normalized spacial score (nSPS) is 20.0. The highest BCUT2D eigenvalue weighted by molar-refractivity contribution is 7.59. The van der Waals surface area contributed by atoms with Crippen molar-refractivity contribution in [1.82, 2.24) is 19.5 Å². The van der Waals surface area contributed by atoms with Crippen molar-refractivity contribution in [3.63, 3.8) is 0 Å². The van der Waals surface area contributed by atoms with Crippen LogP contribution in [0.1, 0.15) is 12.8 Å². The summed E-state index contributed by atoms with van der Waals surface area (Å²) in [7, 11) is 2.13. The summed E-state index contributed by atoms with van der Waals surface area (Å²) in [6.45, 7) is 3.82. The second-order valence-electron chi connectivity index (χ2n) is 7.20. The Balaban J connectivity index is 0.00000180. The van der Waals surface area contributed by atoms with E-state index in [9.17, 15) is 0 Å². The zero-order valence-electron chi connectivity index (χ0n) is 15.5. The van der Waals surface area contributed by atoms with Crippen LogP contribution in [-0.2, 0) is 0 Å². The Hall–Kier alpha value is -2.25.